The average Bonchev–Trinajstić information content (AvgIpc) is 2.77. The van der Waals surface area contributed by atoms with E-state index in [1.165, 1.54) is 30.3 Å². The zero-order valence-electron chi connectivity index (χ0n) is 12.2. The molecular weight excluding hydrogens is 353 g/mol. The van der Waals surface area contributed by atoms with Crippen LogP contribution in [0, 0.1) is 0 Å². The van der Waals surface area contributed by atoms with Crippen molar-refractivity contribution in [3.05, 3.63) is 69.2 Å². The third-order valence-electron chi connectivity index (χ3n) is 3.82. The topological polar surface area (TPSA) is 77.5 Å². The molecule has 0 radical (unpaired) electrons. The first-order valence-corrected chi connectivity index (χ1v) is 7.77. The molecule has 1 atom stereocenters. The number of hydrogen-bond donors (Lipinski definition) is 0. The van der Waals surface area contributed by atoms with Crippen molar-refractivity contribution >= 4 is 41.0 Å². The maximum atomic E-state index is 12.6. The molecule has 2 aromatic rings. The Balaban J connectivity index is 2.09. The molecule has 2 aromatic carbocycles. The molecule has 0 unspecified atom stereocenters. The predicted molar refractivity (Wildman–Crippen MR) is 85.8 cm³/mol. The number of carboxylic acids is 1. The number of benzene rings is 2. The summed E-state index contributed by atoms with van der Waals surface area (Å²) in [4.78, 5) is 37.3. The Labute approximate surface area is 147 Å². The van der Waals surface area contributed by atoms with Crippen LogP contribution in [0.5, 0.6) is 0 Å². The van der Waals surface area contributed by atoms with Gasteiger partial charge in [-0.15, -0.1) is 0 Å². The van der Waals surface area contributed by atoms with Gasteiger partial charge in [-0.1, -0.05) is 41.4 Å². The Hall–Kier alpha value is -2.37. The fraction of sp³-hybridized carbons (Fsp3) is 0.118. The molecule has 1 heterocycles. The third kappa shape index (κ3) is 2.77. The van der Waals surface area contributed by atoms with Gasteiger partial charge >= 0.3 is 0 Å². The summed E-state index contributed by atoms with van der Waals surface area (Å²) in [6, 6.07) is 9.69. The SMILES string of the molecule is O=C([O-])C[C@@H](c1ccc(Cl)cc1Cl)N1C(=O)c2ccccc2C1=O. The van der Waals surface area contributed by atoms with Crippen molar-refractivity contribution < 1.29 is 19.5 Å². The Bertz CT molecular complexity index is 830. The Morgan fingerprint density at radius 3 is 2.12 bits per heavy atom. The van der Waals surface area contributed by atoms with Crippen LogP contribution in [0.15, 0.2) is 42.5 Å². The number of imide groups is 1. The maximum Gasteiger partial charge on any atom is 0.262 e. The molecule has 0 aromatic heterocycles. The predicted octanol–water partition coefficient (Wildman–Crippen LogP) is 2.47. The molecule has 0 aliphatic carbocycles. The molecule has 1 aliphatic heterocycles. The highest BCUT2D eigenvalue weighted by atomic mass is 35.5. The van der Waals surface area contributed by atoms with Gasteiger partial charge in [0.25, 0.3) is 11.8 Å². The number of fused-ring (bicyclic) bond motifs is 1. The van der Waals surface area contributed by atoms with Crippen LogP contribution in [-0.4, -0.2) is 22.7 Å². The summed E-state index contributed by atoms with van der Waals surface area (Å²) < 4.78 is 0. The number of rotatable bonds is 4. The summed E-state index contributed by atoms with van der Waals surface area (Å²) >= 11 is 12.0. The summed E-state index contributed by atoms with van der Waals surface area (Å²) in [5.74, 6) is -2.52. The van der Waals surface area contributed by atoms with E-state index < -0.39 is 30.2 Å². The van der Waals surface area contributed by atoms with Crippen LogP contribution in [0.2, 0.25) is 10.0 Å². The number of hydrogen-bond acceptors (Lipinski definition) is 4. The van der Waals surface area contributed by atoms with Crippen LogP contribution in [0.3, 0.4) is 0 Å². The molecule has 0 N–H and O–H groups in total. The normalized spacial score (nSPS) is 14.7. The van der Waals surface area contributed by atoms with Crippen molar-refractivity contribution in [1.29, 1.82) is 0 Å². The molecule has 0 fully saturated rings. The number of halogens is 2. The Kier molecular flexibility index (Phi) is 4.30. The van der Waals surface area contributed by atoms with Gasteiger partial charge in [-0.3, -0.25) is 14.5 Å². The number of aliphatic carboxylic acids is 1. The van der Waals surface area contributed by atoms with Crippen molar-refractivity contribution in [3.63, 3.8) is 0 Å². The van der Waals surface area contributed by atoms with Crippen LogP contribution in [0.25, 0.3) is 0 Å². The van der Waals surface area contributed by atoms with E-state index in [1.807, 2.05) is 0 Å². The number of carbonyl (C=O) groups excluding carboxylic acids is 3. The van der Waals surface area contributed by atoms with Crippen molar-refractivity contribution in [2.45, 2.75) is 12.5 Å². The van der Waals surface area contributed by atoms with Crippen LogP contribution in [-0.2, 0) is 4.79 Å². The van der Waals surface area contributed by atoms with E-state index in [1.54, 1.807) is 12.1 Å². The Morgan fingerprint density at radius 2 is 1.62 bits per heavy atom. The minimum Gasteiger partial charge on any atom is -0.550 e. The Morgan fingerprint density at radius 1 is 1.04 bits per heavy atom. The number of carboxylic acid groups (broad SMARTS) is 1. The van der Waals surface area contributed by atoms with Crippen LogP contribution < -0.4 is 5.11 Å². The van der Waals surface area contributed by atoms with E-state index in [0.29, 0.717) is 10.6 Å². The van der Waals surface area contributed by atoms with E-state index in [9.17, 15) is 19.5 Å². The molecular formula is C17H10Cl2NO4-. The second-order valence-corrected chi connectivity index (χ2v) is 6.13. The fourth-order valence-corrected chi connectivity index (χ4v) is 3.30. The molecule has 5 nitrogen and oxygen atoms in total. The van der Waals surface area contributed by atoms with Crippen LogP contribution in [0.4, 0.5) is 0 Å². The molecule has 2 amide bonds. The van der Waals surface area contributed by atoms with E-state index >= 15 is 0 Å². The van der Waals surface area contributed by atoms with E-state index in [4.69, 9.17) is 23.2 Å². The molecule has 24 heavy (non-hydrogen) atoms. The lowest BCUT2D eigenvalue weighted by molar-refractivity contribution is -0.306. The first kappa shape index (κ1) is 16.5. The van der Waals surface area contributed by atoms with Gasteiger partial charge < -0.3 is 9.90 Å². The van der Waals surface area contributed by atoms with Gasteiger partial charge in [-0.05, 0) is 29.8 Å². The quantitative estimate of drug-likeness (QED) is 0.782. The molecule has 0 spiro atoms. The summed E-state index contributed by atoms with van der Waals surface area (Å²) in [5.41, 5.74) is 0.784. The monoisotopic (exact) mass is 362 g/mol. The first-order chi connectivity index (χ1) is 11.4. The number of nitrogens with zero attached hydrogens (tertiary/aromatic N) is 1. The highest BCUT2D eigenvalue weighted by Gasteiger charge is 2.40. The molecule has 3 rings (SSSR count). The summed E-state index contributed by atoms with van der Waals surface area (Å²) in [7, 11) is 0. The molecule has 1 aliphatic rings. The largest absolute Gasteiger partial charge is 0.550 e. The standard InChI is InChI=1S/C17H11Cl2NO4/c18-9-5-6-12(13(19)7-9)14(8-15(21)22)20-16(23)10-3-1-2-4-11(10)17(20)24/h1-7,14H,8H2,(H,21,22)/p-1/t14-/m0/s1. The summed E-state index contributed by atoms with van der Waals surface area (Å²) in [6.07, 6.45) is -0.563. The lowest BCUT2D eigenvalue weighted by Gasteiger charge is -2.27. The maximum absolute atomic E-state index is 12.6. The average molecular weight is 363 g/mol. The molecule has 0 saturated heterocycles. The number of amides is 2. The molecule has 7 heteroatoms. The van der Waals surface area contributed by atoms with Gasteiger partial charge in [0, 0.05) is 22.4 Å². The molecule has 122 valence electrons. The van der Waals surface area contributed by atoms with Gasteiger partial charge in [0.2, 0.25) is 0 Å². The van der Waals surface area contributed by atoms with Crippen molar-refractivity contribution in [2.75, 3.05) is 0 Å². The minimum absolute atomic E-state index is 0.172. The highest BCUT2D eigenvalue weighted by molar-refractivity contribution is 6.35. The molecule has 0 saturated carbocycles. The zero-order chi connectivity index (χ0) is 17.4. The summed E-state index contributed by atoms with van der Waals surface area (Å²) in [5, 5.41) is 11.7. The second-order valence-electron chi connectivity index (χ2n) is 5.28. The van der Waals surface area contributed by atoms with Crippen molar-refractivity contribution in [2.24, 2.45) is 0 Å². The smallest absolute Gasteiger partial charge is 0.262 e. The van der Waals surface area contributed by atoms with Gasteiger partial charge in [-0.25, -0.2) is 0 Å². The van der Waals surface area contributed by atoms with E-state index in [-0.39, 0.29) is 16.1 Å². The van der Waals surface area contributed by atoms with Crippen LogP contribution in [0.1, 0.15) is 38.7 Å². The first-order valence-electron chi connectivity index (χ1n) is 7.02. The third-order valence-corrected chi connectivity index (χ3v) is 4.38. The fourth-order valence-electron chi connectivity index (χ4n) is 2.76. The minimum atomic E-state index is -1.40. The van der Waals surface area contributed by atoms with Crippen LogP contribution >= 0.6 is 23.2 Å². The van der Waals surface area contributed by atoms with Gasteiger partial charge in [0.05, 0.1) is 17.2 Å². The van der Waals surface area contributed by atoms with E-state index in [2.05, 4.69) is 0 Å². The van der Waals surface area contributed by atoms with E-state index in [0.717, 1.165) is 4.90 Å². The van der Waals surface area contributed by atoms with Gasteiger partial charge in [-0.2, -0.15) is 0 Å². The number of carbonyl (C=O) groups is 3. The summed E-state index contributed by atoms with van der Waals surface area (Å²) in [6.45, 7) is 0. The lowest BCUT2D eigenvalue weighted by Crippen LogP contribution is -2.38. The van der Waals surface area contributed by atoms with Crippen molar-refractivity contribution in [1.82, 2.24) is 4.90 Å². The van der Waals surface area contributed by atoms with Gasteiger partial charge in [0.15, 0.2) is 0 Å². The zero-order valence-corrected chi connectivity index (χ0v) is 13.7. The van der Waals surface area contributed by atoms with Crippen molar-refractivity contribution in [3.8, 4) is 0 Å². The lowest BCUT2D eigenvalue weighted by atomic mass is 10.0. The molecule has 0 bridgehead atoms. The van der Waals surface area contributed by atoms with Gasteiger partial charge in [0.1, 0.15) is 0 Å². The highest BCUT2D eigenvalue weighted by Crippen LogP contribution is 2.37. The second kappa shape index (κ2) is 6.26.